The Morgan fingerprint density at radius 3 is 2.45 bits per heavy atom. The van der Waals surface area contributed by atoms with Gasteiger partial charge >= 0.3 is 0 Å². The molecule has 102 valence electrons. The third-order valence-electron chi connectivity index (χ3n) is 3.63. The molecule has 1 aliphatic rings. The van der Waals surface area contributed by atoms with Crippen LogP contribution in [0.15, 0.2) is 58.8 Å². The van der Waals surface area contributed by atoms with E-state index in [2.05, 4.69) is 12.1 Å². The highest BCUT2D eigenvalue weighted by atomic mass is 32.2. The summed E-state index contributed by atoms with van der Waals surface area (Å²) >= 11 is 0. The van der Waals surface area contributed by atoms with Crippen molar-refractivity contribution in [3.8, 4) is 0 Å². The van der Waals surface area contributed by atoms with Crippen LogP contribution in [0.4, 0.5) is 0 Å². The Kier molecular flexibility index (Phi) is 3.45. The lowest BCUT2D eigenvalue weighted by Crippen LogP contribution is -1.95. The molecule has 20 heavy (non-hydrogen) atoms. The van der Waals surface area contributed by atoms with Gasteiger partial charge in [0.05, 0.1) is 4.90 Å². The van der Waals surface area contributed by atoms with Crippen LogP contribution in [0.25, 0.3) is 6.08 Å². The van der Waals surface area contributed by atoms with Gasteiger partial charge in [-0.1, -0.05) is 36.4 Å². The zero-order valence-electron chi connectivity index (χ0n) is 11.1. The number of fused-ring (bicyclic) bond motifs is 1. The van der Waals surface area contributed by atoms with Gasteiger partial charge in [0.15, 0.2) is 9.84 Å². The largest absolute Gasteiger partial charge is 0.219 e. The first-order chi connectivity index (χ1) is 9.65. The molecule has 1 aliphatic carbocycles. The molecule has 0 bridgehead atoms. The molecule has 3 rings (SSSR count). The van der Waals surface area contributed by atoms with Gasteiger partial charge in [-0.05, 0) is 54.2 Å². The summed E-state index contributed by atoms with van der Waals surface area (Å²) in [5.74, 6) is 0. The fourth-order valence-electron chi connectivity index (χ4n) is 2.55. The second-order valence-corrected chi connectivity index (χ2v) is 6.88. The zero-order chi connectivity index (χ0) is 14.0. The molecule has 2 nitrogen and oxygen atoms in total. The maximum atomic E-state index is 12.2. The summed E-state index contributed by atoms with van der Waals surface area (Å²) in [6, 6.07) is 14.7. The fourth-order valence-corrected chi connectivity index (χ4v) is 3.58. The molecule has 0 amide bonds. The van der Waals surface area contributed by atoms with Gasteiger partial charge in [0.25, 0.3) is 0 Å². The first-order valence-electron chi connectivity index (χ1n) is 6.75. The predicted molar refractivity (Wildman–Crippen MR) is 81.1 cm³/mol. The number of hydrogen-bond acceptors (Lipinski definition) is 2. The molecule has 0 atom stereocenters. The molecule has 0 spiro atoms. The molecule has 2 aromatic carbocycles. The predicted octanol–water partition coefficient (Wildman–Crippen LogP) is 3.62. The van der Waals surface area contributed by atoms with E-state index >= 15 is 0 Å². The summed E-state index contributed by atoms with van der Waals surface area (Å²) in [5.41, 5.74) is 3.70. The van der Waals surface area contributed by atoms with E-state index in [0.29, 0.717) is 4.90 Å². The maximum absolute atomic E-state index is 12.2. The van der Waals surface area contributed by atoms with Gasteiger partial charge in [-0.25, -0.2) is 8.42 Å². The molecule has 0 N–H and O–H groups in total. The highest BCUT2D eigenvalue weighted by Crippen LogP contribution is 2.23. The van der Waals surface area contributed by atoms with Crippen LogP contribution in [0.3, 0.4) is 0 Å². The lowest BCUT2D eigenvalue weighted by Gasteiger charge is -2.01. The molecule has 0 unspecified atom stereocenters. The summed E-state index contributed by atoms with van der Waals surface area (Å²) in [7, 11) is -3.35. The summed E-state index contributed by atoms with van der Waals surface area (Å²) in [6.07, 6.45) is 5.12. The maximum Gasteiger partial charge on any atom is 0.199 e. The van der Waals surface area contributed by atoms with Crippen LogP contribution in [0, 0.1) is 0 Å². The second-order valence-electron chi connectivity index (χ2n) is 5.04. The first kappa shape index (κ1) is 13.1. The quantitative estimate of drug-likeness (QED) is 0.862. The average Bonchev–Trinajstić information content (AvgIpc) is 2.94. The van der Waals surface area contributed by atoms with Crippen LogP contribution in [0.5, 0.6) is 0 Å². The van der Waals surface area contributed by atoms with Crippen molar-refractivity contribution in [1.29, 1.82) is 0 Å². The average molecular weight is 284 g/mol. The van der Waals surface area contributed by atoms with Gasteiger partial charge in [-0.15, -0.1) is 0 Å². The fraction of sp³-hybridized carbons (Fsp3) is 0.176. The summed E-state index contributed by atoms with van der Waals surface area (Å²) in [4.78, 5) is 0.331. The molecule has 0 saturated heterocycles. The van der Waals surface area contributed by atoms with E-state index < -0.39 is 9.84 Å². The van der Waals surface area contributed by atoms with Crippen LogP contribution in [0.2, 0.25) is 0 Å². The summed E-state index contributed by atoms with van der Waals surface area (Å²) in [5, 5.41) is 1.29. The van der Waals surface area contributed by atoms with Crippen molar-refractivity contribution < 1.29 is 8.42 Å². The van der Waals surface area contributed by atoms with E-state index in [1.807, 2.05) is 12.1 Å². The van der Waals surface area contributed by atoms with Crippen molar-refractivity contribution >= 4 is 15.9 Å². The van der Waals surface area contributed by atoms with Gasteiger partial charge in [0.2, 0.25) is 0 Å². The minimum Gasteiger partial charge on any atom is -0.219 e. The van der Waals surface area contributed by atoms with Crippen molar-refractivity contribution in [2.24, 2.45) is 0 Å². The van der Waals surface area contributed by atoms with Crippen LogP contribution in [-0.4, -0.2) is 8.42 Å². The Balaban J connectivity index is 1.87. The van der Waals surface area contributed by atoms with Gasteiger partial charge in [-0.2, -0.15) is 0 Å². The van der Waals surface area contributed by atoms with Crippen molar-refractivity contribution in [2.75, 3.05) is 0 Å². The van der Waals surface area contributed by atoms with Crippen molar-refractivity contribution in [2.45, 2.75) is 24.2 Å². The Bertz CT molecular complexity index is 744. The molecule has 0 aliphatic heterocycles. The standard InChI is InChI=1S/C17H16O2S/c18-20(19,17-7-2-1-3-8-17)12-11-14-9-10-15-5-4-6-16(15)13-14/h1-3,7-13H,4-6H2. The molecule has 3 heteroatoms. The monoisotopic (exact) mass is 284 g/mol. The molecular weight excluding hydrogens is 268 g/mol. The Hall–Kier alpha value is -1.87. The smallest absolute Gasteiger partial charge is 0.199 e. The topological polar surface area (TPSA) is 34.1 Å². The Morgan fingerprint density at radius 2 is 1.65 bits per heavy atom. The molecule has 0 radical (unpaired) electrons. The molecule has 2 aromatic rings. The minimum atomic E-state index is -3.35. The molecule has 0 saturated carbocycles. The second kappa shape index (κ2) is 5.25. The van der Waals surface area contributed by atoms with E-state index in [0.717, 1.165) is 18.4 Å². The Labute approximate surface area is 119 Å². The third-order valence-corrected chi connectivity index (χ3v) is 5.06. The van der Waals surface area contributed by atoms with Crippen LogP contribution in [0.1, 0.15) is 23.1 Å². The van der Waals surface area contributed by atoms with E-state index in [1.54, 1.807) is 30.3 Å². The van der Waals surface area contributed by atoms with Crippen LogP contribution >= 0.6 is 0 Å². The molecular formula is C17H16O2S. The van der Waals surface area contributed by atoms with Crippen molar-refractivity contribution in [3.63, 3.8) is 0 Å². The first-order valence-corrected chi connectivity index (χ1v) is 8.30. The Morgan fingerprint density at radius 1 is 0.900 bits per heavy atom. The number of rotatable bonds is 3. The number of aryl methyl sites for hydroxylation is 2. The van der Waals surface area contributed by atoms with E-state index in [4.69, 9.17) is 0 Å². The number of benzene rings is 2. The molecule has 0 fully saturated rings. The zero-order valence-corrected chi connectivity index (χ0v) is 11.9. The highest BCUT2D eigenvalue weighted by Gasteiger charge is 2.11. The van der Waals surface area contributed by atoms with Gasteiger partial charge in [0.1, 0.15) is 0 Å². The lowest BCUT2D eigenvalue weighted by atomic mass is 10.1. The molecule has 0 aromatic heterocycles. The summed E-state index contributed by atoms with van der Waals surface area (Å²) in [6.45, 7) is 0. The van der Waals surface area contributed by atoms with E-state index in [9.17, 15) is 8.42 Å². The number of sulfone groups is 1. The van der Waals surface area contributed by atoms with Crippen LogP contribution < -0.4 is 0 Å². The summed E-state index contributed by atoms with van der Waals surface area (Å²) < 4.78 is 24.3. The van der Waals surface area contributed by atoms with Gasteiger partial charge < -0.3 is 0 Å². The highest BCUT2D eigenvalue weighted by molar-refractivity contribution is 7.94. The molecule has 0 heterocycles. The SMILES string of the molecule is O=S(=O)(C=Cc1ccc2c(c1)CCC2)c1ccccc1. The number of hydrogen-bond donors (Lipinski definition) is 0. The normalized spacial score (nSPS) is 14.6. The lowest BCUT2D eigenvalue weighted by molar-refractivity contribution is 0.605. The van der Waals surface area contributed by atoms with Crippen molar-refractivity contribution in [3.05, 3.63) is 70.6 Å². The van der Waals surface area contributed by atoms with Crippen molar-refractivity contribution in [1.82, 2.24) is 0 Å². The van der Waals surface area contributed by atoms with Crippen LogP contribution in [-0.2, 0) is 22.7 Å². The van der Waals surface area contributed by atoms with Gasteiger partial charge in [-0.3, -0.25) is 0 Å². The van der Waals surface area contributed by atoms with Gasteiger partial charge in [0, 0.05) is 5.41 Å². The van der Waals surface area contributed by atoms with E-state index in [1.165, 1.54) is 23.0 Å². The third kappa shape index (κ3) is 2.68. The minimum absolute atomic E-state index is 0.331. The van der Waals surface area contributed by atoms with E-state index in [-0.39, 0.29) is 0 Å².